The van der Waals surface area contributed by atoms with Crippen LogP contribution in [0.1, 0.15) is 265 Å². The number of carbonyl (C=O) groups is 1. The average molecular weight is 1230 g/mol. The van der Waals surface area contributed by atoms with Crippen LogP contribution in [0, 0.1) is 0 Å². The monoisotopic (exact) mass is 1230 g/mol. The number of nitrogens with zero attached hydrogens (tertiary/aromatic N) is 4. The molecular weight excluding hydrogens is 1090 g/mol. The van der Waals surface area contributed by atoms with E-state index in [2.05, 4.69) is 120 Å². The van der Waals surface area contributed by atoms with Crippen molar-refractivity contribution in [2.24, 2.45) is 0 Å². The van der Waals surface area contributed by atoms with Crippen molar-refractivity contribution in [3.63, 3.8) is 0 Å². The van der Waals surface area contributed by atoms with Gasteiger partial charge in [0.2, 0.25) is 0 Å². The lowest BCUT2D eigenvalue weighted by atomic mass is 10.1. The summed E-state index contributed by atoms with van der Waals surface area (Å²) in [5.41, 5.74) is 0. The molecule has 10 nitrogen and oxygen atoms in total. The van der Waals surface area contributed by atoms with Gasteiger partial charge in [-0.2, -0.15) is 0 Å². The summed E-state index contributed by atoms with van der Waals surface area (Å²) in [6.07, 6.45) is 65.4. The first-order valence-electron chi connectivity index (χ1n) is 35.6. The van der Waals surface area contributed by atoms with Crippen LogP contribution < -0.4 is 0 Å². The van der Waals surface area contributed by atoms with Gasteiger partial charge in [-0.05, 0) is 129 Å². The lowest BCUT2D eigenvalue weighted by Gasteiger charge is -2.34. The van der Waals surface area contributed by atoms with Gasteiger partial charge in [0, 0.05) is 83.4 Å². The molecule has 0 bridgehead atoms. The Morgan fingerprint density at radius 2 is 0.765 bits per heavy atom. The maximum absolute atomic E-state index is 12.8. The number of unbranched alkanes of at least 4 members (excludes halogenated alkanes) is 20. The second kappa shape index (κ2) is 63.8. The zero-order valence-corrected chi connectivity index (χ0v) is 57.4. The zero-order chi connectivity index (χ0) is 61.6. The van der Waals surface area contributed by atoms with Gasteiger partial charge in [0.1, 0.15) is 6.61 Å². The van der Waals surface area contributed by atoms with Crippen LogP contribution in [0.4, 0.5) is 0 Å². The molecule has 1 aliphatic heterocycles. The Morgan fingerprint density at radius 3 is 1.19 bits per heavy atom. The first-order valence-corrected chi connectivity index (χ1v) is 38.1. The minimum atomic E-state index is -0.418. The second-order valence-corrected chi connectivity index (χ2v) is 27.2. The van der Waals surface area contributed by atoms with Crippen molar-refractivity contribution >= 4 is 27.6 Å². The van der Waals surface area contributed by atoms with Crippen molar-refractivity contribution in [1.29, 1.82) is 0 Å². The molecule has 0 aromatic rings. The van der Waals surface area contributed by atoms with Crippen LogP contribution in [0.3, 0.4) is 0 Å². The fourth-order valence-corrected chi connectivity index (χ4v) is 13.2. The molecule has 1 rings (SSSR count). The van der Waals surface area contributed by atoms with Crippen molar-refractivity contribution in [1.82, 2.24) is 19.6 Å². The van der Waals surface area contributed by atoms with E-state index in [0.717, 1.165) is 205 Å². The number of piperazine rings is 1. The van der Waals surface area contributed by atoms with Gasteiger partial charge in [-0.3, -0.25) is 24.4 Å². The normalized spacial score (nSPS) is 15.5. The highest BCUT2D eigenvalue weighted by Crippen LogP contribution is 2.23. The lowest BCUT2D eigenvalue weighted by molar-refractivity contribution is -0.144. The molecule has 4 N–H and O–H groups in total. The van der Waals surface area contributed by atoms with E-state index in [9.17, 15) is 25.2 Å². The summed E-state index contributed by atoms with van der Waals surface area (Å²) in [7, 11) is 3.97. The molecule has 0 aromatic heterocycles. The Balaban J connectivity index is 2.39. The van der Waals surface area contributed by atoms with Gasteiger partial charge in [-0.15, -0.1) is 0 Å². The number of ether oxygens (including phenoxy) is 1. The highest BCUT2D eigenvalue weighted by Gasteiger charge is 2.20. The third kappa shape index (κ3) is 57.2. The van der Waals surface area contributed by atoms with Gasteiger partial charge < -0.3 is 25.2 Å². The molecule has 85 heavy (non-hydrogen) atoms. The van der Waals surface area contributed by atoms with E-state index in [0.29, 0.717) is 39.2 Å². The van der Waals surface area contributed by atoms with E-state index >= 15 is 0 Å². The van der Waals surface area contributed by atoms with Crippen LogP contribution in [0.15, 0.2) is 72.9 Å². The minimum Gasteiger partial charge on any atom is -0.464 e. The summed E-state index contributed by atoms with van der Waals surface area (Å²) in [6.45, 7) is 19.4. The fourth-order valence-electron chi connectivity index (χ4n) is 11.0. The molecule has 496 valence electrons. The number of esters is 1. The van der Waals surface area contributed by atoms with E-state index in [1.165, 1.54) is 89.9 Å². The first-order chi connectivity index (χ1) is 41.7. The van der Waals surface area contributed by atoms with Gasteiger partial charge in [0.05, 0.1) is 24.4 Å². The molecule has 0 aromatic carbocycles. The van der Waals surface area contributed by atoms with E-state index in [1.54, 1.807) is 0 Å². The highest BCUT2D eigenvalue weighted by molar-refractivity contribution is 8.76. The van der Waals surface area contributed by atoms with Crippen LogP contribution in [0.25, 0.3) is 0 Å². The molecule has 0 aliphatic carbocycles. The summed E-state index contributed by atoms with van der Waals surface area (Å²) in [5.74, 6) is 2.12. The Morgan fingerprint density at radius 1 is 0.412 bits per heavy atom. The smallest absolute Gasteiger partial charge is 0.305 e. The minimum absolute atomic E-state index is 0.127. The number of rotatable bonds is 63. The molecule has 4 atom stereocenters. The van der Waals surface area contributed by atoms with Crippen molar-refractivity contribution < 1.29 is 30.0 Å². The molecule has 12 heteroatoms. The van der Waals surface area contributed by atoms with Crippen molar-refractivity contribution in [3.05, 3.63) is 72.9 Å². The molecule has 0 spiro atoms. The Labute approximate surface area is 533 Å². The van der Waals surface area contributed by atoms with E-state index in [-0.39, 0.29) is 18.2 Å². The average Bonchev–Trinajstić information content (AvgIpc) is 3.55. The van der Waals surface area contributed by atoms with Gasteiger partial charge in [0.15, 0.2) is 0 Å². The summed E-state index contributed by atoms with van der Waals surface area (Å²) >= 11 is 0. The lowest BCUT2D eigenvalue weighted by Crippen LogP contribution is -2.47. The predicted molar refractivity (Wildman–Crippen MR) is 374 cm³/mol. The van der Waals surface area contributed by atoms with Gasteiger partial charge in [-0.1, -0.05) is 238 Å². The number of hydrogen-bond acceptors (Lipinski definition) is 12. The number of hydrogen-bond donors (Lipinski definition) is 4. The van der Waals surface area contributed by atoms with Gasteiger partial charge in [0.25, 0.3) is 0 Å². The third-order valence-electron chi connectivity index (χ3n) is 16.3. The number of aliphatic hydroxyl groups is 4. The maximum atomic E-state index is 12.8. The van der Waals surface area contributed by atoms with Crippen LogP contribution >= 0.6 is 21.6 Å². The standard InChI is InChI=1S/C73H136N4O6S2/c1-5-9-13-17-21-23-25-27-29-31-33-35-39-43-51-69(78)65-76(66-70(79)52-44-40-36-34-32-30-28-26-24-22-18-14-10-6-2)54-46-45-53-73(82)83-62-60-74-56-58-75(59-57-74)61-64-85-84-63-48-47-55-77(67-71(80)49-41-37-19-15-11-7-3)68-72(81)50-42-38-20-16-12-8-4/h9-10,13-14,21-24,27-30,69-72,78-81H,5-8,11-12,15-20,25-26,31-68H2,1-4H3/b13-9-,14-10-,23-21-,24-22-,29-27-,30-28-. The van der Waals surface area contributed by atoms with Crippen LogP contribution in [-0.2, 0) is 9.53 Å². The van der Waals surface area contributed by atoms with Gasteiger partial charge >= 0.3 is 5.97 Å². The summed E-state index contributed by atoms with van der Waals surface area (Å²) in [4.78, 5) is 22.4. The quantitative estimate of drug-likeness (QED) is 0.0201. The number of aliphatic hydroxyl groups excluding tert-OH is 4. The fraction of sp³-hybridized carbons (Fsp3) is 0.822. The Kier molecular flexibility index (Phi) is 61.1. The molecular formula is C73H136N4O6S2. The molecule has 4 unspecified atom stereocenters. The second-order valence-electron chi connectivity index (χ2n) is 24.5. The van der Waals surface area contributed by atoms with E-state index in [4.69, 9.17) is 4.74 Å². The molecule has 1 saturated heterocycles. The van der Waals surface area contributed by atoms with Crippen LogP contribution in [0.5, 0.6) is 0 Å². The van der Waals surface area contributed by atoms with Crippen molar-refractivity contribution in [2.75, 3.05) is 96.6 Å². The summed E-state index contributed by atoms with van der Waals surface area (Å²) in [6, 6.07) is 0. The molecule has 1 fully saturated rings. The molecule has 1 aliphatic rings. The van der Waals surface area contributed by atoms with Crippen LogP contribution in [0.2, 0.25) is 0 Å². The van der Waals surface area contributed by atoms with Gasteiger partial charge in [-0.25, -0.2) is 0 Å². The Bertz CT molecular complexity index is 1520. The topological polar surface area (TPSA) is 120 Å². The third-order valence-corrected chi connectivity index (χ3v) is 18.8. The highest BCUT2D eigenvalue weighted by atomic mass is 33.1. The number of carbonyl (C=O) groups excluding carboxylic acids is 1. The van der Waals surface area contributed by atoms with Crippen molar-refractivity contribution in [2.45, 2.75) is 290 Å². The van der Waals surface area contributed by atoms with Crippen molar-refractivity contribution in [3.8, 4) is 0 Å². The predicted octanol–water partition coefficient (Wildman–Crippen LogP) is 17.4. The molecule has 0 amide bonds. The first kappa shape index (κ1) is 81.3. The largest absolute Gasteiger partial charge is 0.464 e. The Hall–Kier alpha value is -1.71. The van der Waals surface area contributed by atoms with Crippen LogP contribution in [-0.4, -0.2) is 167 Å². The number of allylic oxidation sites excluding steroid dienone is 12. The summed E-state index contributed by atoms with van der Waals surface area (Å²) in [5, 5.41) is 44.1. The SMILES string of the molecule is CC/C=C\C/C=C\C/C=C\CCCCCCC(O)CN(CCCCC(=O)OCCN1CCN(CCSSCCCCN(CC(O)CCCCCCCC)CC(O)CCCCCCCC)CC1)CC(O)CCCCCC/C=C\C/C=C\C/C=C\CC. The maximum Gasteiger partial charge on any atom is 0.305 e. The summed E-state index contributed by atoms with van der Waals surface area (Å²) < 4.78 is 5.73. The van der Waals surface area contributed by atoms with E-state index < -0.39 is 12.2 Å². The molecule has 1 heterocycles. The van der Waals surface area contributed by atoms with E-state index in [1.807, 2.05) is 21.6 Å². The molecule has 0 saturated carbocycles. The zero-order valence-electron chi connectivity index (χ0n) is 55.7. The molecule has 0 radical (unpaired) electrons.